The number of benzene rings is 1. The molecule has 0 bridgehead atoms. The fraction of sp³-hybridized carbons (Fsp3) is 0.346. The van der Waals surface area contributed by atoms with Crippen molar-refractivity contribution in [2.45, 2.75) is 51.9 Å². The Hall–Kier alpha value is -2.99. The topological polar surface area (TPSA) is 63.5 Å². The molecule has 4 aromatic rings. The molecule has 3 heterocycles. The molecule has 0 fully saturated rings. The molecule has 1 aromatic carbocycles. The summed E-state index contributed by atoms with van der Waals surface area (Å²) in [5, 5.41) is 7.88. The van der Waals surface area contributed by atoms with Gasteiger partial charge in [-0.1, -0.05) is 32.8 Å². The Morgan fingerprint density at radius 1 is 1.09 bits per heavy atom. The maximum atomic E-state index is 13.1. The average molecular weight is 448 g/mol. The molecule has 32 heavy (non-hydrogen) atoms. The van der Waals surface area contributed by atoms with Gasteiger partial charge >= 0.3 is 0 Å². The van der Waals surface area contributed by atoms with E-state index in [1.165, 1.54) is 16.4 Å². The Bertz CT molecular complexity index is 1280. The van der Waals surface area contributed by atoms with E-state index in [1.54, 1.807) is 29.7 Å². The molecule has 4 rings (SSSR count). The molecule has 3 aromatic heterocycles. The fourth-order valence-corrected chi connectivity index (χ4v) is 4.57. The lowest BCUT2D eigenvalue weighted by Crippen LogP contribution is -2.25. The van der Waals surface area contributed by atoms with Crippen LogP contribution in [0.25, 0.3) is 16.6 Å². The van der Waals surface area contributed by atoms with Gasteiger partial charge in [0.15, 0.2) is 0 Å². The molecule has 0 radical (unpaired) electrons. The predicted octanol–water partition coefficient (Wildman–Crippen LogP) is 5.57. The average Bonchev–Trinajstić information content (AvgIpc) is 3.31. The van der Waals surface area contributed by atoms with Crippen LogP contribution in [0.2, 0.25) is 0 Å². The number of carbonyl (C=O) groups excluding carboxylic acids is 1. The van der Waals surface area contributed by atoms with Crippen molar-refractivity contribution in [2.75, 3.05) is 6.54 Å². The number of fused-ring (bicyclic) bond motifs is 2. The first kappa shape index (κ1) is 22.2. The Morgan fingerprint density at radius 2 is 1.94 bits per heavy atom. The van der Waals surface area contributed by atoms with Crippen LogP contribution in [0.1, 0.15) is 66.9 Å². The molecule has 0 unspecified atom stereocenters. The van der Waals surface area contributed by atoms with Crippen molar-refractivity contribution in [1.82, 2.24) is 14.7 Å². The molecule has 0 spiro atoms. The van der Waals surface area contributed by atoms with Crippen molar-refractivity contribution in [3.8, 4) is 0 Å². The number of aromatic nitrogens is 2. The van der Waals surface area contributed by atoms with E-state index in [4.69, 9.17) is 0 Å². The van der Waals surface area contributed by atoms with Crippen LogP contribution >= 0.6 is 11.3 Å². The van der Waals surface area contributed by atoms with Crippen LogP contribution in [-0.4, -0.2) is 21.8 Å². The summed E-state index contributed by atoms with van der Waals surface area (Å²) in [6, 6.07) is 11.5. The molecule has 0 aliphatic heterocycles. The minimum atomic E-state index is -0.159. The summed E-state index contributed by atoms with van der Waals surface area (Å²) in [6.45, 7) is 4.83. The van der Waals surface area contributed by atoms with Gasteiger partial charge < -0.3 is 5.32 Å². The van der Waals surface area contributed by atoms with Crippen molar-refractivity contribution in [2.24, 2.45) is 0 Å². The molecule has 166 valence electrons. The molecule has 1 amide bonds. The van der Waals surface area contributed by atoms with Gasteiger partial charge in [0, 0.05) is 12.7 Å². The zero-order chi connectivity index (χ0) is 22.5. The SMILES string of the molecule is CC(C)c1ccc2nc3ccc(C(=O)NCCCCCCc4ccsc4)cn3c(=O)c2c1. The van der Waals surface area contributed by atoms with Gasteiger partial charge in [0.2, 0.25) is 0 Å². The van der Waals surface area contributed by atoms with Crippen LogP contribution in [0.15, 0.2) is 58.1 Å². The molecule has 0 aliphatic rings. The number of aryl methyl sites for hydroxylation is 1. The summed E-state index contributed by atoms with van der Waals surface area (Å²) < 4.78 is 1.48. The number of carbonyl (C=O) groups is 1. The van der Waals surface area contributed by atoms with E-state index in [9.17, 15) is 9.59 Å². The molecular formula is C26H29N3O2S. The summed E-state index contributed by atoms with van der Waals surface area (Å²) >= 11 is 1.74. The van der Waals surface area contributed by atoms with Crippen molar-refractivity contribution < 1.29 is 4.79 Å². The van der Waals surface area contributed by atoms with Crippen LogP contribution in [0, 0.1) is 0 Å². The number of amides is 1. The summed E-state index contributed by atoms with van der Waals surface area (Å²) in [4.78, 5) is 30.3. The summed E-state index contributed by atoms with van der Waals surface area (Å²) in [6.07, 6.45) is 7.11. The highest BCUT2D eigenvalue weighted by Crippen LogP contribution is 2.19. The molecule has 1 N–H and O–H groups in total. The van der Waals surface area contributed by atoms with Crippen molar-refractivity contribution in [1.29, 1.82) is 0 Å². The number of thiophene rings is 1. The van der Waals surface area contributed by atoms with Crippen LogP contribution in [0.3, 0.4) is 0 Å². The third-order valence-electron chi connectivity index (χ3n) is 5.82. The number of pyridine rings is 1. The van der Waals surface area contributed by atoms with Crippen LogP contribution < -0.4 is 10.9 Å². The number of rotatable bonds is 9. The number of hydrogen-bond donors (Lipinski definition) is 1. The third-order valence-corrected chi connectivity index (χ3v) is 6.55. The van der Waals surface area contributed by atoms with Gasteiger partial charge in [-0.25, -0.2) is 4.98 Å². The number of nitrogens with one attached hydrogen (secondary N) is 1. The molecule has 0 aliphatic carbocycles. The second kappa shape index (κ2) is 10.1. The highest BCUT2D eigenvalue weighted by atomic mass is 32.1. The summed E-state index contributed by atoms with van der Waals surface area (Å²) in [5.74, 6) is 0.167. The van der Waals surface area contributed by atoms with Crippen molar-refractivity contribution in [3.63, 3.8) is 0 Å². The second-order valence-corrected chi connectivity index (χ2v) is 9.33. The maximum Gasteiger partial charge on any atom is 0.265 e. The minimum Gasteiger partial charge on any atom is -0.352 e. The Balaban J connectivity index is 1.37. The lowest BCUT2D eigenvalue weighted by atomic mass is 10.0. The van der Waals surface area contributed by atoms with Gasteiger partial charge in [0.25, 0.3) is 11.5 Å². The van der Waals surface area contributed by atoms with E-state index in [0.717, 1.165) is 31.2 Å². The molecular weight excluding hydrogens is 418 g/mol. The van der Waals surface area contributed by atoms with E-state index in [0.29, 0.717) is 34.6 Å². The first-order chi connectivity index (χ1) is 15.5. The lowest BCUT2D eigenvalue weighted by molar-refractivity contribution is 0.0952. The molecule has 0 atom stereocenters. The van der Waals surface area contributed by atoms with Crippen LogP contribution in [0.4, 0.5) is 0 Å². The van der Waals surface area contributed by atoms with E-state index in [2.05, 4.69) is 41.0 Å². The minimum absolute atomic E-state index is 0.146. The zero-order valence-electron chi connectivity index (χ0n) is 18.6. The first-order valence-electron chi connectivity index (χ1n) is 11.3. The largest absolute Gasteiger partial charge is 0.352 e. The number of hydrogen-bond acceptors (Lipinski definition) is 4. The smallest absolute Gasteiger partial charge is 0.265 e. The lowest BCUT2D eigenvalue weighted by Gasteiger charge is -2.09. The quantitative estimate of drug-likeness (QED) is 0.270. The van der Waals surface area contributed by atoms with Gasteiger partial charge in [0.1, 0.15) is 5.65 Å². The van der Waals surface area contributed by atoms with Crippen LogP contribution in [-0.2, 0) is 6.42 Å². The summed E-state index contributed by atoms with van der Waals surface area (Å²) in [7, 11) is 0. The Kier molecular flexibility index (Phi) is 7.00. The van der Waals surface area contributed by atoms with Gasteiger partial charge in [-0.15, -0.1) is 0 Å². The number of nitrogens with zero attached hydrogens (tertiary/aromatic N) is 2. The first-order valence-corrected chi connectivity index (χ1v) is 12.2. The third kappa shape index (κ3) is 5.07. The van der Waals surface area contributed by atoms with E-state index in [1.807, 2.05) is 18.2 Å². The van der Waals surface area contributed by atoms with Crippen LogP contribution in [0.5, 0.6) is 0 Å². The van der Waals surface area contributed by atoms with Gasteiger partial charge in [0.05, 0.1) is 16.5 Å². The van der Waals surface area contributed by atoms with E-state index < -0.39 is 0 Å². The monoisotopic (exact) mass is 447 g/mol. The van der Waals surface area contributed by atoms with E-state index in [-0.39, 0.29) is 11.5 Å². The highest BCUT2D eigenvalue weighted by Gasteiger charge is 2.11. The Labute approximate surface area is 192 Å². The molecule has 5 nitrogen and oxygen atoms in total. The fourth-order valence-electron chi connectivity index (χ4n) is 3.86. The molecule has 6 heteroatoms. The highest BCUT2D eigenvalue weighted by molar-refractivity contribution is 7.07. The molecule has 0 saturated heterocycles. The maximum absolute atomic E-state index is 13.1. The molecule has 0 saturated carbocycles. The predicted molar refractivity (Wildman–Crippen MR) is 132 cm³/mol. The van der Waals surface area contributed by atoms with E-state index >= 15 is 0 Å². The van der Waals surface area contributed by atoms with Crippen molar-refractivity contribution in [3.05, 3.63) is 80.4 Å². The van der Waals surface area contributed by atoms with Gasteiger partial charge in [-0.05, 0) is 77.4 Å². The van der Waals surface area contributed by atoms with Crippen molar-refractivity contribution >= 4 is 33.8 Å². The summed E-state index contributed by atoms with van der Waals surface area (Å²) in [5.41, 5.74) is 4.06. The normalized spacial score (nSPS) is 11.5. The Morgan fingerprint density at radius 3 is 2.72 bits per heavy atom. The second-order valence-electron chi connectivity index (χ2n) is 8.55. The number of unbranched alkanes of at least 4 members (excludes halogenated alkanes) is 3. The van der Waals surface area contributed by atoms with Gasteiger partial charge in [-0.3, -0.25) is 14.0 Å². The van der Waals surface area contributed by atoms with Gasteiger partial charge in [-0.2, -0.15) is 11.3 Å². The standard InChI is InChI=1S/C26H29N3O2S/c1-18(2)20-8-10-23-22(15-20)26(31)29-16-21(9-11-24(29)28-23)25(30)27-13-6-4-3-5-7-19-12-14-32-17-19/h8-12,14-18H,3-7,13H2,1-2H3,(H,27,30). The zero-order valence-corrected chi connectivity index (χ0v) is 19.5.